The summed E-state index contributed by atoms with van der Waals surface area (Å²) < 4.78 is 0. The first kappa shape index (κ1) is 12.1. The van der Waals surface area contributed by atoms with Crippen molar-refractivity contribution in [1.82, 2.24) is 4.90 Å². The van der Waals surface area contributed by atoms with Gasteiger partial charge in [0.05, 0.1) is 0 Å². The van der Waals surface area contributed by atoms with Crippen LogP contribution in [-0.4, -0.2) is 30.2 Å². The van der Waals surface area contributed by atoms with Gasteiger partial charge < -0.3 is 9.69 Å². The maximum atomic E-state index is 11.3. The highest BCUT2D eigenvalue weighted by Gasteiger charge is 2.08. The fraction of sp³-hybridized carbons (Fsp3) is 0.800. The number of hydrogen-bond donors (Lipinski definition) is 0. The highest BCUT2D eigenvalue weighted by molar-refractivity contribution is 5.83. The SMILES string of the molecule is CCCCN(C)C(=O)CCC(C)=O. The Morgan fingerprint density at radius 2 is 1.85 bits per heavy atom. The third kappa shape index (κ3) is 6.31. The Morgan fingerprint density at radius 3 is 2.31 bits per heavy atom. The summed E-state index contributed by atoms with van der Waals surface area (Å²) in [5, 5.41) is 0. The first-order chi connectivity index (χ1) is 6.07. The number of hydrogen-bond acceptors (Lipinski definition) is 2. The number of nitrogens with zero attached hydrogens (tertiary/aromatic N) is 1. The average Bonchev–Trinajstić information content (AvgIpc) is 2.10. The summed E-state index contributed by atoms with van der Waals surface area (Å²) in [4.78, 5) is 23.6. The average molecular weight is 185 g/mol. The maximum Gasteiger partial charge on any atom is 0.222 e. The van der Waals surface area contributed by atoms with Gasteiger partial charge in [0.25, 0.3) is 0 Å². The van der Waals surface area contributed by atoms with Gasteiger partial charge in [0.1, 0.15) is 5.78 Å². The van der Waals surface area contributed by atoms with Crippen molar-refractivity contribution in [2.24, 2.45) is 0 Å². The molecule has 0 spiro atoms. The van der Waals surface area contributed by atoms with E-state index in [-0.39, 0.29) is 11.7 Å². The fourth-order valence-electron chi connectivity index (χ4n) is 0.994. The van der Waals surface area contributed by atoms with Crippen LogP contribution in [0.3, 0.4) is 0 Å². The van der Waals surface area contributed by atoms with E-state index in [1.165, 1.54) is 6.92 Å². The Labute approximate surface area is 80.1 Å². The minimum atomic E-state index is 0.0728. The largest absolute Gasteiger partial charge is 0.346 e. The second kappa shape index (κ2) is 6.63. The summed E-state index contributed by atoms with van der Waals surface area (Å²) >= 11 is 0. The van der Waals surface area contributed by atoms with Crippen LogP contribution in [0.5, 0.6) is 0 Å². The summed E-state index contributed by atoms with van der Waals surface area (Å²) in [7, 11) is 1.79. The van der Waals surface area contributed by atoms with Crippen molar-refractivity contribution in [2.45, 2.75) is 39.5 Å². The molecular formula is C10H19NO2. The normalized spacial score (nSPS) is 9.77. The number of carbonyl (C=O) groups is 2. The van der Waals surface area contributed by atoms with Crippen LogP contribution in [0.2, 0.25) is 0 Å². The summed E-state index contributed by atoms with van der Waals surface area (Å²) in [5.74, 6) is 0.154. The van der Waals surface area contributed by atoms with Crippen LogP contribution in [0, 0.1) is 0 Å². The van der Waals surface area contributed by atoms with Gasteiger partial charge in [-0.05, 0) is 13.3 Å². The molecule has 1 amide bonds. The van der Waals surface area contributed by atoms with Crippen molar-refractivity contribution < 1.29 is 9.59 Å². The highest BCUT2D eigenvalue weighted by Crippen LogP contribution is 1.98. The van der Waals surface area contributed by atoms with E-state index in [2.05, 4.69) is 6.92 Å². The van der Waals surface area contributed by atoms with Crippen LogP contribution >= 0.6 is 0 Å². The fourth-order valence-corrected chi connectivity index (χ4v) is 0.994. The monoisotopic (exact) mass is 185 g/mol. The van der Waals surface area contributed by atoms with Gasteiger partial charge in [0.15, 0.2) is 0 Å². The summed E-state index contributed by atoms with van der Waals surface area (Å²) in [6.07, 6.45) is 2.84. The zero-order valence-corrected chi connectivity index (χ0v) is 8.80. The van der Waals surface area contributed by atoms with E-state index in [1.807, 2.05) is 0 Å². The van der Waals surface area contributed by atoms with Gasteiger partial charge >= 0.3 is 0 Å². The van der Waals surface area contributed by atoms with Gasteiger partial charge in [-0.2, -0.15) is 0 Å². The van der Waals surface area contributed by atoms with E-state index in [4.69, 9.17) is 0 Å². The van der Waals surface area contributed by atoms with Crippen molar-refractivity contribution in [3.8, 4) is 0 Å². The molecule has 0 saturated carbocycles. The number of amides is 1. The molecule has 0 aliphatic heterocycles. The molecule has 0 aromatic rings. The van der Waals surface area contributed by atoms with Crippen molar-refractivity contribution in [1.29, 1.82) is 0 Å². The molecule has 0 saturated heterocycles. The lowest BCUT2D eigenvalue weighted by molar-refractivity contribution is -0.131. The number of ketones is 1. The molecule has 76 valence electrons. The first-order valence-electron chi connectivity index (χ1n) is 4.81. The van der Waals surface area contributed by atoms with Crippen LogP contribution in [0.15, 0.2) is 0 Å². The van der Waals surface area contributed by atoms with Crippen LogP contribution in [0.4, 0.5) is 0 Å². The second-order valence-corrected chi connectivity index (χ2v) is 3.37. The number of Topliss-reactive ketones (excluding diaryl/α,β-unsaturated/α-hetero) is 1. The van der Waals surface area contributed by atoms with Crippen LogP contribution in [0.1, 0.15) is 39.5 Å². The number of carbonyl (C=O) groups excluding carboxylic acids is 2. The summed E-state index contributed by atoms with van der Waals surface area (Å²) in [6, 6.07) is 0. The molecule has 3 nitrogen and oxygen atoms in total. The summed E-state index contributed by atoms with van der Waals surface area (Å²) in [5.41, 5.74) is 0. The van der Waals surface area contributed by atoms with E-state index in [0.29, 0.717) is 12.8 Å². The molecule has 13 heavy (non-hydrogen) atoms. The van der Waals surface area contributed by atoms with E-state index >= 15 is 0 Å². The van der Waals surface area contributed by atoms with E-state index in [1.54, 1.807) is 11.9 Å². The lowest BCUT2D eigenvalue weighted by Crippen LogP contribution is -2.27. The minimum Gasteiger partial charge on any atom is -0.346 e. The Balaban J connectivity index is 3.63. The van der Waals surface area contributed by atoms with Crippen molar-refractivity contribution in [3.05, 3.63) is 0 Å². The van der Waals surface area contributed by atoms with Crippen molar-refractivity contribution in [2.75, 3.05) is 13.6 Å². The molecule has 0 atom stereocenters. The molecule has 0 aliphatic carbocycles. The number of rotatable bonds is 6. The topological polar surface area (TPSA) is 37.4 Å². The molecule has 0 aliphatic rings. The molecular weight excluding hydrogens is 166 g/mol. The first-order valence-corrected chi connectivity index (χ1v) is 4.81. The second-order valence-electron chi connectivity index (χ2n) is 3.37. The lowest BCUT2D eigenvalue weighted by Gasteiger charge is -2.15. The minimum absolute atomic E-state index is 0.0728. The van der Waals surface area contributed by atoms with Gasteiger partial charge in [0, 0.05) is 26.4 Å². The molecule has 0 N–H and O–H groups in total. The van der Waals surface area contributed by atoms with Gasteiger partial charge in [-0.3, -0.25) is 4.79 Å². The predicted octanol–water partition coefficient (Wildman–Crippen LogP) is 1.61. The van der Waals surface area contributed by atoms with Crippen LogP contribution in [-0.2, 0) is 9.59 Å². The molecule has 0 aromatic heterocycles. The van der Waals surface area contributed by atoms with Crippen molar-refractivity contribution in [3.63, 3.8) is 0 Å². The zero-order valence-electron chi connectivity index (χ0n) is 8.80. The van der Waals surface area contributed by atoms with E-state index in [9.17, 15) is 9.59 Å². The lowest BCUT2D eigenvalue weighted by atomic mass is 10.2. The third-order valence-electron chi connectivity index (χ3n) is 1.96. The van der Waals surface area contributed by atoms with Gasteiger partial charge in [-0.15, -0.1) is 0 Å². The Bertz CT molecular complexity index is 178. The van der Waals surface area contributed by atoms with Crippen LogP contribution in [0.25, 0.3) is 0 Å². The number of unbranched alkanes of at least 4 members (excludes halogenated alkanes) is 1. The van der Waals surface area contributed by atoms with Gasteiger partial charge in [0.2, 0.25) is 5.91 Å². The summed E-state index contributed by atoms with van der Waals surface area (Å²) in [6.45, 7) is 4.40. The molecule has 0 heterocycles. The van der Waals surface area contributed by atoms with E-state index in [0.717, 1.165) is 19.4 Å². The highest BCUT2D eigenvalue weighted by atomic mass is 16.2. The van der Waals surface area contributed by atoms with E-state index < -0.39 is 0 Å². The third-order valence-corrected chi connectivity index (χ3v) is 1.96. The standard InChI is InChI=1S/C10H19NO2/c1-4-5-8-11(3)10(13)7-6-9(2)12/h4-8H2,1-3H3. The van der Waals surface area contributed by atoms with Gasteiger partial charge in [-0.1, -0.05) is 13.3 Å². The Kier molecular flexibility index (Phi) is 6.20. The van der Waals surface area contributed by atoms with Crippen LogP contribution < -0.4 is 0 Å². The molecule has 3 heteroatoms. The quantitative estimate of drug-likeness (QED) is 0.630. The van der Waals surface area contributed by atoms with Gasteiger partial charge in [-0.25, -0.2) is 0 Å². The molecule has 0 aromatic carbocycles. The molecule has 0 rings (SSSR count). The smallest absolute Gasteiger partial charge is 0.222 e. The molecule has 0 unspecified atom stereocenters. The molecule has 0 fully saturated rings. The maximum absolute atomic E-state index is 11.3. The molecule has 0 radical (unpaired) electrons. The molecule has 0 bridgehead atoms. The zero-order chi connectivity index (χ0) is 10.3. The Morgan fingerprint density at radius 1 is 1.23 bits per heavy atom. The van der Waals surface area contributed by atoms with Crippen molar-refractivity contribution >= 4 is 11.7 Å². The predicted molar refractivity (Wildman–Crippen MR) is 52.5 cm³/mol. The Hall–Kier alpha value is -0.860.